The number of nitrogens with one attached hydrogen (secondary N) is 1. The second-order valence-corrected chi connectivity index (χ2v) is 8.79. The lowest BCUT2D eigenvalue weighted by molar-refractivity contribution is -0.121. The van der Waals surface area contributed by atoms with Gasteiger partial charge in [0.2, 0.25) is 11.8 Å². The molecule has 1 unspecified atom stereocenters. The molecule has 0 aliphatic carbocycles. The predicted octanol–water partition coefficient (Wildman–Crippen LogP) is 3.87. The zero-order valence-electron chi connectivity index (χ0n) is 17.8. The highest BCUT2D eigenvalue weighted by atomic mass is 32.2. The summed E-state index contributed by atoms with van der Waals surface area (Å²) in [4.78, 5) is 30.5. The molecule has 160 valence electrons. The van der Waals surface area contributed by atoms with E-state index in [1.165, 1.54) is 0 Å². The van der Waals surface area contributed by atoms with E-state index in [9.17, 15) is 9.59 Å². The molecule has 0 fully saturated rings. The Hall–Kier alpha value is -2.51. The number of hydrogen-bond acceptors (Lipinski definition) is 5. The van der Waals surface area contributed by atoms with Gasteiger partial charge in [-0.1, -0.05) is 32.0 Å². The molecule has 1 atom stereocenters. The minimum atomic E-state index is -0.154. The van der Waals surface area contributed by atoms with Gasteiger partial charge in [0, 0.05) is 28.4 Å². The third-order valence-corrected chi connectivity index (χ3v) is 6.31. The van der Waals surface area contributed by atoms with Crippen molar-refractivity contribution in [3.05, 3.63) is 48.5 Å². The van der Waals surface area contributed by atoms with Gasteiger partial charge >= 0.3 is 0 Å². The number of fused-ring (bicyclic) bond motifs is 1. The number of rotatable bonds is 7. The van der Waals surface area contributed by atoms with Crippen LogP contribution >= 0.6 is 11.8 Å². The van der Waals surface area contributed by atoms with Crippen molar-refractivity contribution in [1.29, 1.82) is 0 Å². The lowest BCUT2D eigenvalue weighted by atomic mass is 10.2. The van der Waals surface area contributed by atoms with E-state index in [0.717, 1.165) is 17.0 Å². The van der Waals surface area contributed by atoms with Crippen LogP contribution in [-0.4, -0.2) is 55.3 Å². The summed E-state index contributed by atoms with van der Waals surface area (Å²) in [5.41, 5.74) is 1.64. The van der Waals surface area contributed by atoms with Crippen molar-refractivity contribution in [3.63, 3.8) is 0 Å². The van der Waals surface area contributed by atoms with Crippen LogP contribution in [0, 0.1) is 0 Å². The second kappa shape index (κ2) is 10.5. The molecule has 1 aliphatic heterocycles. The van der Waals surface area contributed by atoms with Crippen LogP contribution in [-0.2, 0) is 9.59 Å². The Labute approximate surface area is 182 Å². The van der Waals surface area contributed by atoms with Gasteiger partial charge in [-0.2, -0.15) is 0 Å². The molecule has 0 aromatic heterocycles. The van der Waals surface area contributed by atoms with E-state index in [4.69, 9.17) is 4.74 Å². The van der Waals surface area contributed by atoms with Crippen LogP contribution < -0.4 is 15.0 Å². The second-order valence-electron chi connectivity index (χ2n) is 7.31. The fraction of sp³-hybridized carbons (Fsp3) is 0.391. The van der Waals surface area contributed by atoms with Gasteiger partial charge in [0.1, 0.15) is 5.75 Å². The van der Waals surface area contributed by atoms with Crippen LogP contribution in [0.4, 0.5) is 11.4 Å². The van der Waals surface area contributed by atoms with Crippen molar-refractivity contribution in [2.75, 3.05) is 43.5 Å². The quantitative estimate of drug-likeness (QED) is 0.727. The van der Waals surface area contributed by atoms with Gasteiger partial charge in [0.25, 0.3) is 0 Å². The van der Waals surface area contributed by atoms with Crippen molar-refractivity contribution in [1.82, 2.24) is 4.90 Å². The summed E-state index contributed by atoms with van der Waals surface area (Å²) < 4.78 is 5.19. The summed E-state index contributed by atoms with van der Waals surface area (Å²) in [7, 11) is 1.59. The zero-order chi connectivity index (χ0) is 21.5. The molecule has 0 saturated carbocycles. The maximum Gasteiger partial charge on any atom is 0.241 e. The summed E-state index contributed by atoms with van der Waals surface area (Å²) in [5.74, 6) is 0.550. The fourth-order valence-corrected chi connectivity index (χ4v) is 4.52. The molecular formula is C23H29N3O3S. The van der Waals surface area contributed by atoms with Crippen molar-refractivity contribution < 1.29 is 14.3 Å². The Balaban J connectivity index is 1.63. The van der Waals surface area contributed by atoms with E-state index < -0.39 is 0 Å². The summed E-state index contributed by atoms with van der Waals surface area (Å²) in [6, 6.07) is 15.3. The van der Waals surface area contributed by atoms with Crippen LogP contribution in [0.5, 0.6) is 5.75 Å². The molecule has 3 rings (SSSR count). The number of methoxy groups -OCH3 is 1. The molecule has 1 N–H and O–H groups in total. The molecule has 0 spiro atoms. The maximum absolute atomic E-state index is 13.1. The molecule has 6 nitrogen and oxygen atoms in total. The lowest BCUT2D eigenvalue weighted by Crippen LogP contribution is -2.43. The Bertz CT molecular complexity index is 890. The summed E-state index contributed by atoms with van der Waals surface area (Å²) >= 11 is 1.81. The zero-order valence-corrected chi connectivity index (χ0v) is 18.6. The fourth-order valence-electron chi connectivity index (χ4n) is 3.41. The van der Waals surface area contributed by atoms with Gasteiger partial charge in [0.15, 0.2) is 0 Å². The van der Waals surface area contributed by atoms with Crippen LogP contribution in [0.3, 0.4) is 0 Å². The summed E-state index contributed by atoms with van der Waals surface area (Å²) in [5, 5.41) is 3.34. The third-order valence-electron chi connectivity index (χ3n) is 5.07. The number of nitrogens with zero attached hydrogens (tertiary/aromatic N) is 2. The highest BCUT2D eigenvalue weighted by Gasteiger charge is 2.25. The van der Waals surface area contributed by atoms with Gasteiger partial charge < -0.3 is 15.0 Å². The van der Waals surface area contributed by atoms with Crippen LogP contribution in [0.2, 0.25) is 0 Å². The molecule has 2 aromatic carbocycles. The largest absolute Gasteiger partial charge is 0.497 e. The van der Waals surface area contributed by atoms with Crippen molar-refractivity contribution in [3.8, 4) is 5.75 Å². The van der Waals surface area contributed by atoms with Gasteiger partial charge in [-0.15, -0.1) is 11.8 Å². The first kappa shape index (κ1) is 22.2. The SMILES string of the molecule is CCN(CC(=O)Nc1cccc(OC)c1)CC(=O)N1CCC(C)Sc2ccccc21. The number of carbonyl (C=O) groups excluding carboxylic acids is 2. The Morgan fingerprint density at radius 1 is 1.20 bits per heavy atom. The van der Waals surface area contributed by atoms with Crippen molar-refractivity contribution in [2.45, 2.75) is 30.4 Å². The number of hydrogen-bond donors (Lipinski definition) is 1. The third kappa shape index (κ3) is 5.77. The normalized spacial score (nSPS) is 16.0. The number of ether oxygens (including phenoxy) is 1. The van der Waals surface area contributed by atoms with E-state index in [1.807, 2.05) is 64.9 Å². The van der Waals surface area contributed by atoms with E-state index in [1.54, 1.807) is 13.2 Å². The van der Waals surface area contributed by atoms with Gasteiger partial charge in [-0.3, -0.25) is 14.5 Å². The Morgan fingerprint density at radius 3 is 2.77 bits per heavy atom. The van der Waals surface area contributed by atoms with E-state index >= 15 is 0 Å². The molecule has 0 bridgehead atoms. The summed E-state index contributed by atoms with van der Waals surface area (Å²) in [6.45, 7) is 5.81. The molecule has 0 saturated heterocycles. The maximum atomic E-state index is 13.1. The van der Waals surface area contributed by atoms with E-state index in [-0.39, 0.29) is 24.9 Å². The van der Waals surface area contributed by atoms with Crippen molar-refractivity contribution >= 4 is 35.0 Å². The average Bonchev–Trinajstić information content (AvgIpc) is 2.91. The standard InChI is InChI=1S/C23H29N3O3S/c1-4-25(15-22(27)24-18-8-7-9-19(14-18)29-3)16-23(28)26-13-12-17(2)30-21-11-6-5-10-20(21)26/h5-11,14,17H,4,12-13,15-16H2,1-3H3,(H,24,27). The molecule has 1 heterocycles. The number of benzene rings is 2. The monoisotopic (exact) mass is 427 g/mol. The smallest absolute Gasteiger partial charge is 0.241 e. The van der Waals surface area contributed by atoms with Crippen molar-refractivity contribution in [2.24, 2.45) is 0 Å². The molecule has 2 amide bonds. The number of carbonyl (C=O) groups is 2. The van der Waals surface area contributed by atoms with Gasteiger partial charge in [-0.25, -0.2) is 0 Å². The topological polar surface area (TPSA) is 61.9 Å². The molecule has 0 radical (unpaired) electrons. The minimum absolute atomic E-state index is 0.0215. The Morgan fingerprint density at radius 2 is 2.00 bits per heavy atom. The molecule has 1 aliphatic rings. The van der Waals surface area contributed by atoms with E-state index in [2.05, 4.69) is 18.3 Å². The number of anilines is 2. The first-order valence-electron chi connectivity index (χ1n) is 10.2. The summed E-state index contributed by atoms with van der Waals surface area (Å²) in [6.07, 6.45) is 0.938. The number of para-hydroxylation sites is 1. The Kier molecular flexibility index (Phi) is 7.76. The molecular weight excluding hydrogens is 398 g/mol. The van der Waals surface area contributed by atoms with Crippen LogP contribution in [0.1, 0.15) is 20.3 Å². The van der Waals surface area contributed by atoms with Gasteiger partial charge in [0.05, 0.1) is 25.9 Å². The lowest BCUT2D eigenvalue weighted by Gasteiger charge is -2.26. The molecule has 7 heteroatoms. The first-order chi connectivity index (χ1) is 14.5. The van der Waals surface area contributed by atoms with Gasteiger partial charge in [-0.05, 0) is 37.2 Å². The predicted molar refractivity (Wildman–Crippen MR) is 122 cm³/mol. The highest BCUT2D eigenvalue weighted by molar-refractivity contribution is 8.00. The van der Waals surface area contributed by atoms with Crippen LogP contribution in [0.15, 0.2) is 53.4 Å². The minimum Gasteiger partial charge on any atom is -0.497 e. The number of likely N-dealkylation sites (N-methyl/N-ethyl adjacent to an activating group) is 1. The number of thioether (sulfide) groups is 1. The highest BCUT2D eigenvalue weighted by Crippen LogP contribution is 2.37. The number of amides is 2. The molecule has 2 aromatic rings. The van der Waals surface area contributed by atoms with Crippen LogP contribution in [0.25, 0.3) is 0 Å². The first-order valence-corrected chi connectivity index (χ1v) is 11.1. The average molecular weight is 428 g/mol. The van der Waals surface area contributed by atoms with E-state index in [0.29, 0.717) is 29.8 Å². The molecule has 30 heavy (non-hydrogen) atoms.